The predicted octanol–water partition coefficient (Wildman–Crippen LogP) is 2.04. The molecule has 1 N–H and O–H groups in total. The van der Waals surface area contributed by atoms with Crippen molar-refractivity contribution in [2.24, 2.45) is 5.92 Å². The van der Waals surface area contributed by atoms with Gasteiger partial charge < -0.3 is 10.2 Å². The van der Waals surface area contributed by atoms with Gasteiger partial charge in [-0.25, -0.2) is 0 Å². The van der Waals surface area contributed by atoms with Crippen molar-refractivity contribution in [3.63, 3.8) is 0 Å². The van der Waals surface area contributed by atoms with Crippen LogP contribution in [0, 0.1) is 5.92 Å². The molecule has 1 aliphatic rings. The van der Waals surface area contributed by atoms with E-state index in [0.717, 1.165) is 18.5 Å². The Balaban J connectivity index is 2.07. The molecule has 1 rings (SSSR count). The number of likely N-dealkylation sites (tertiary alicyclic amines) is 1. The molecule has 0 amide bonds. The average Bonchev–Trinajstić information content (AvgIpc) is 2.79. The van der Waals surface area contributed by atoms with Crippen LogP contribution in [0.3, 0.4) is 0 Å². The highest BCUT2D eigenvalue weighted by Crippen LogP contribution is 2.15. The summed E-state index contributed by atoms with van der Waals surface area (Å²) in [6, 6.07) is 0.809. The molecule has 3 nitrogen and oxygen atoms in total. The quantitative estimate of drug-likeness (QED) is 0.636. The van der Waals surface area contributed by atoms with Gasteiger partial charge in [0.15, 0.2) is 0 Å². The molecule has 0 aromatic carbocycles. The van der Waals surface area contributed by atoms with Crippen LogP contribution in [-0.2, 0) is 0 Å². The number of nitrogens with zero attached hydrogens (tertiary/aromatic N) is 2. The van der Waals surface area contributed by atoms with Gasteiger partial charge in [0.2, 0.25) is 0 Å². The minimum absolute atomic E-state index is 0.767. The van der Waals surface area contributed by atoms with Crippen LogP contribution in [0.5, 0.6) is 0 Å². The monoisotopic (exact) mass is 255 g/mol. The Bertz CT molecular complexity index is 202. The van der Waals surface area contributed by atoms with E-state index in [1.165, 1.54) is 52.1 Å². The van der Waals surface area contributed by atoms with E-state index in [1.54, 1.807) is 0 Å². The first-order valence-corrected chi connectivity index (χ1v) is 7.84. The number of rotatable bonds is 9. The predicted molar refractivity (Wildman–Crippen MR) is 80.1 cm³/mol. The molecule has 1 heterocycles. The number of hydrogen-bond acceptors (Lipinski definition) is 3. The van der Waals surface area contributed by atoms with E-state index in [2.05, 4.69) is 42.8 Å². The van der Waals surface area contributed by atoms with Crippen LogP contribution in [0.2, 0.25) is 0 Å². The van der Waals surface area contributed by atoms with Crippen molar-refractivity contribution in [3.05, 3.63) is 0 Å². The van der Waals surface area contributed by atoms with Crippen LogP contribution < -0.4 is 5.32 Å². The fourth-order valence-electron chi connectivity index (χ4n) is 2.87. The Morgan fingerprint density at radius 1 is 1.28 bits per heavy atom. The summed E-state index contributed by atoms with van der Waals surface area (Å²) in [6.45, 7) is 17.7. The molecule has 1 aliphatic heterocycles. The van der Waals surface area contributed by atoms with Gasteiger partial charge in [-0.05, 0) is 58.0 Å². The minimum atomic E-state index is 0.767. The largest absolute Gasteiger partial charge is 0.316 e. The second-order valence-corrected chi connectivity index (χ2v) is 5.92. The maximum atomic E-state index is 3.53. The van der Waals surface area contributed by atoms with Gasteiger partial charge in [0, 0.05) is 12.6 Å². The van der Waals surface area contributed by atoms with Crippen LogP contribution in [0.4, 0.5) is 0 Å². The lowest BCUT2D eigenvalue weighted by molar-refractivity contribution is 0.210. The van der Waals surface area contributed by atoms with Crippen molar-refractivity contribution in [2.75, 3.05) is 45.8 Å². The summed E-state index contributed by atoms with van der Waals surface area (Å²) in [4.78, 5) is 5.25. The molecule has 1 saturated heterocycles. The second-order valence-electron chi connectivity index (χ2n) is 5.92. The van der Waals surface area contributed by atoms with Gasteiger partial charge in [-0.15, -0.1) is 0 Å². The molecule has 0 radical (unpaired) electrons. The summed E-state index contributed by atoms with van der Waals surface area (Å²) in [5.41, 5.74) is 0. The van der Waals surface area contributed by atoms with E-state index < -0.39 is 0 Å². The molecule has 0 bridgehead atoms. The van der Waals surface area contributed by atoms with E-state index in [0.29, 0.717) is 0 Å². The van der Waals surface area contributed by atoms with E-state index in [-0.39, 0.29) is 0 Å². The van der Waals surface area contributed by atoms with E-state index in [4.69, 9.17) is 0 Å². The van der Waals surface area contributed by atoms with Crippen molar-refractivity contribution >= 4 is 0 Å². The first kappa shape index (κ1) is 15.9. The van der Waals surface area contributed by atoms with Gasteiger partial charge in [-0.1, -0.05) is 27.7 Å². The standard InChI is InChI=1S/C15H33N3/c1-5-18(6-2)15-8-11-17(13-15)10-7-9-16-12-14(3)4/h14-16H,5-13H2,1-4H3. The van der Waals surface area contributed by atoms with Gasteiger partial charge >= 0.3 is 0 Å². The van der Waals surface area contributed by atoms with Crippen LogP contribution in [0.1, 0.15) is 40.5 Å². The summed E-state index contributed by atoms with van der Waals surface area (Å²) in [5, 5.41) is 3.53. The first-order valence-electron chi connectivity index (χ1n) is 7.84. The molecule has 3 heteroatoms. The molecule has 0 aliphatic carbocycles. The Labute approximate surface area is 114 Å². The van der Waals surface area contributed by atoms with Crippen LogP contribution >= 0.6 is 0 Å². The zero-order valence-electron chi connectivity index (χ0n) is 12.9. The summed E-state index contributed by atoms with van der Waals surface area (Å²) >= 11 is 0. The van der Waals surface area contributed by atoms with Crippen LogP contribution in [0.25, 0.3) is 0 Å². The normalized spacial score (nSPS) is 21.3. The smallest absolute Gasteiger partial charge is 0.0235 e. The highest BCUT2D eigenvalue weighted by molar-refractivity contribution is 4.82. The highest BCUT2D eigenvalue weighted by atomic mass is 15.2. The highest BCUT2D eigenvalue weighted by Gasteiger charge is 2.25. The molecule has 1 fully saturated rings. The molecule has 1 unspecified atom stereocenters. The van der Waals surface area contributed by atoms with E-state index >= 15 is 0 Å². The molecule has 1 atom stereocenters. The Hall–Kier alpha value is -0.120. The van der Waals surface area contributed by atoms with Crippen molar-refractivity contribution < 1.29 is 0 Å². The van der Waals surface area contributed by atoms with Gasteiger partial charge in [0.05, 0.1) is 0 Å². The summed E-state index contributed by atoms with van der Waals surface area (Å²) in [7, 11) is 0. The zero-order valence-corrected chi connectivity index (χ0v) is 12.9. The second kappa shape index (κ2) is 8.89. The van der Waals surface area contributed by atoms with Crippen molar-refractivity contribution in [1.29, 1.82) is 0 Å². The minimum Gasteiger partial charge on any atom is -0.316 e. The topological polar surface area (TPSA) is 18.5 Å². The van der Waals surface area contributed by atoms with Crippen molar-refractivity contribution in [1.82, 2.24) is 15.1 Å². The van der Waals surface area contributed by atoms with Crippen LogP contribution in [0.15, 0.2) is 0 Å². The van der Waals surface area contributed by atoms with Crippen molar-refractivity contribution in [2.45, 2.75) is 46.6 Å². The molecule has 18 heavy (non-hydrogen) atoms. The first-order chi connectivity index (χ1) is 8.67. The van der Waals surface area contributed by atoms with E-state index in [1.807, 2.05) is 0 Å². The van der Waals surface area contributed by atoms with Gasteiger partial charge in [0.25, 0.3) is 0 Å². The molecule has 0 spiro atoms. The average molecular weight is 255 g/mol. The van der Waals surface area contributed by atoms with Gasteiger partial charge in [0.1, 0.15) is 0 Å². The van der Waals surface area contributed by atoms with Gasteiger partial charge in [-0.2, -0.15) is 0 Å². The van der Waals surface area contributed by atoms with E-state index in [9.17, 15) is 0 Å². The fraction of sp³-hybridized carbons (Fsp3) is 1.00. The summed E-state index contributed by atoms with van der Waals surface area (Å²) in [6.07, 6.45) is 2.65. The lowest BCUT2D eigenvalue weighted by atomic mass is 10.2. The molecule has 0 saturated carbocycles. The Morgan fingerprint density at radius 3 is 2.61 bits per heavy atom. The molecular formula is C15H33N3. The SMILES string of the molecule is CCN(CC)C1CCN(CCCNCC(C)C)C1. The fourth-order valence-corrected chi connectivity index (χ4v) is 2.87. The lowest BCUT2D eigenvalue weighted by Gasteiger charge is -2.26. The number of hydrogen-bond donors (Lipinski definition) is 1. The number of likely N-dealkylation sites (N-methyl/N-ethyl adjacent to an activating group) is 1. The lowest BCUT2D eigenvalue weighted by Crippen LogP contribution is -2.37. The third kappa shape index (κ3) is 5.68. The molecule has 0 aromatic rings. The summed E-state index contributed by atoms with van der Waals surface area (Å²) < 4.78 is 0. The summed E-state index contributed by atoms with van der Waals surface area (Å²) in [5.74, 6) is 0.767. The van der Waals surface area contributed by atoms with Crippen molar-refractivity contribution in [3.8, 4) is 0 Å². The maximum absolute atomic E-state index is 3.53. The third-order valence-corrected chi connectivity index (χ3v) is 3.96. The Morgan fingerprint density at radius 2 is 2.00 bits per heavy atom. The molecule has 108 valence electrons. The molecular weight excluding hydrogens is 222 g/mol. The Kier molecular flexibility index (Phi) is 7.87. The zero-order chi connectivity index (χ0) is 13.4. The third-order valence-electron chi connectivity index (χ3n) is 3.96. The maximum Gasteiger partial charge on any atom is 0.0235 e. The molecule has 0 aromatic heterocycles. The van der Waals surface area contributed by atoms with Gasteiger partial charge in [-0.3, -0.25) is 4.90 Å². The van der Waals surface area contributed by atoms with Crippen LogP contribution in [-0.4, -0.2) is 61.7 Å². The number of nitrogens with one attached hydrogen (secondary N) is 1.